The van der Waals surface area contributed by atoms with Crippen molar-refractivity contribution in [3.63, 3.8) is 0 Å². The number of hydrogen-bond acceptors (Lipinski definition) is 3. The summed E-state index contributed by atoms with van der Waals surface area (Å²) in [7, 11) is -3.83. The summed E-state index contributed by atoms with van der Waals surface area (Å²) in [6.45, 7) is 1.96. The lowest BCUT2D eigenvalue weighted by Gasteiger charge is -2.17. The summed E-state index contributed by atoms with van der Waals surface area (Å²) in [5.74, 6) is -1.43. The number of benzene rings is 2. The maximum Gasteiger partial charge on any atom is 0.258 e. The molecule has 1 aliphatic rings. The van der Waals surface area contributed by atoms with Crippen LogP contribution in [0.3, 0.4) is 0 Å². The van der Waals surface area contributed by atoms with Crippen LogP contribution in [0.1, 0.15) is 61.4 Å². The maximum absolute atomic E-state index is 14.3. The number of nitrogens with one attached hydrogen (secondary N) is 2. The van der Waals surface area contributed by atoms with E-state index in [0.29, 0.717) is 12.1 Å². The first kappa shape index (κ1) is 21.5. The molecular weight excluding hydrogens is 391 g/mol. The van der Waals surface area contributed by atoms with Crippen LogP contribution in [0.25, 0.3) is 0 Å². The highest BCUT2D eigenvalue weighted by Gasteiger charge is 2.23. The van der Waals surface area contributed by atoms with Gasteiger partial charge in [-0.3, -0.25) is 4.79 Å². The summed E-state index contributed by atoms with van der Waals surface area (Å²) in [5, 5.41) is 2.69. The molecule has 3 rings (SSSR count). The number of rotatable bonds is 6. The van der Waals surface area contributed by atoms with Crippen LogP contribution in [0.2, 0.25) is 0 Å². The number of carbonyl (C=O) groups is 1. The van der Waals surface area contributed by atoms with Crippen LogP contribution in [-0.4, -0.2) is 20.4 Å². The first-order chi connectivity index (χ1) is 13.9. The molecule has 0 unspecified atom stereocenters. The van der Waals surface area contributed by atoms with E-state index in [-0.39, 0.29) is 16.5 Å². The third-order valence-electron chi connectivity index (χ3n) is 5.32. The van der Waals surface area contributed by atoms with Crippen molar-refractivity contribution >= 4 is 21.6 Å². The van der Waals surface area contributed by atoms with E-state index in [4.69, 9.17) is 0 Å². The molecule has 29 heavy (non-hydrogen) atoms. The number of carbonyl (C=O) groups excluding carboxylic acids is 1. The number of para-hydroxylation sites is 1. The molecule has 2 aromatic carbocycles. The van der Waals surface area contributed by atoms with Crippen molar-refractivity contribution in [2.45, 2.75) is 62.8 Å². The van der Waals surface area contributed by atoms with E-state index in [0.717, 1.165) is 56.2 Å². The SMILES string of the molecule is CCc1ccccc1NC(=O)c1cc(S(=O)(=O)NC2CCCCCC2)ccc1F. The minimum absolute atomic E-state index is 0.0999. The molecule has 0 aliphatic heterocycles. The largest absolute Gasteiger partial charge is 0.322 e. The standard InChI is InChI=1S/C22H27FN2O3S/c1-2-16-9-7-8-12-21(16)24-22(26)19-15-18(13-14-20(19)23)29(27,28)25-17-10-5-3-4-6-11-17/h7-9,12-15,17,25H,2-6,10-11H2,1H3,(H,24,26). The topological polar surface area (TPSA) is 75.3 Å². The molecule has 0 heterocycles. The van der Waals surface area contributed by atoms with Crippen LogP contribution >= 0.6 is 0 Å². The lowest BCUT2D eigenvalue weighted by Crippen LogP contribution is -2.34. The second-order valence-electron chi connectivity index (χ2n) is 7.42. The van der Waals surface area contributed by atoms with Crippen LogP contribution in [0.4, 0.5) is 10.1 Å². The van der Waals surface area contributed by atoms with Crippen molar-refractivity contribution in [1.82, 2.24) is 4.72 Å². The molecule has 156 valence electrons. The zero-order chi connectivity index (χ0) is 20.9. The Labute approximate surface area is 171 Å². The minimum Gasteiger partial charge on any atom is -0.322 e. The van der Waals surface area contributed by atoms with Crippen molar-refractivity contribution in [1.29, 1.82) is 0 Å². The second-order valence-corrected chi connectivity index (χ2v) is 9.13. The quantitative estimate of drug-likeness (QED) is 0.671. The van der Waals surface area contributed by atoms with Gasteiger partial charge in [0.2, 0.25) is 10.0 Å². The molecule has 1 aliphatic carbocycles. The molecule has 0 spiro atoms. The van der Waals surface area contributed by atoms with E-state index in [9.17, 15) is 17.6 Å². The van der Waals surface area contributed by atoms with Crippen LogP contribution in [0, 0.1) is 5.82 Å². The number of halogens is 1. The van der Waals surface area contributed by atoms with E-state index in [1.165, 1.54) is 6.07 Å². The van der Waals surface area contributed by atoms with Crippen molar-refractivity contribution < 1.29 is 17.6 Å². The summed E-state index contributed by atoms with van der Waals surface area (Å²) < 4.78 is 42.6. The summed E-state index contributed by atoms with van der Waals surface area (Å²) in [6.07, 6.45) is 6.49. The highest BCUT2D eigenvalue weighted by atomic mass is 32.2. The van der Waals surface area contributed by atoms with Crippen LogP contribution < -0.4 is 10.0 Å². The Hall–Kier alpha value is -2.25. The predicted molar refractivity (Wildman–Crippen MR) is 112 cm³/mol. The summed E-state index contributed by atoms with van der Waals surface area (Å²) in [4.78, 5) is 12.6. The van der Waals surface area contributed by atoms with Gasteiger partial charge in [0.1, 0.15) is 5.82 Å². The van der Waals surface area contributed by atoms with Gasteiger partial charge in [0.05, 0.1) is 10.5 Å². The molecule has 2 aromatic rings. The van der Waals surface area contributed by atoms with Crippen molar-refractivity contribution in [3.8, 4) is 0 Å². The van der Waals surface area contributed by atoms with Crippen LogP contribution in [-0.2, 0) is 16.4 Å². The zero-order valence-corrected chi connectivity index (χ0v) is 17.4. The number of amides is 1. The van der Waals surface area contributed by atoms with E-state index in [1.807, 2.05) is 19.1 Å². The fourth-order valence-corrected chi connectivity index (χ4v) is 5.00. The molecule has 0 bridgehead atoms. The second kappa shape index (κ2) is 9.50. The summed E-state index contributed by atoms with van der Waals surface area (Å²) in [6, 6.07) is 10.5. The van der Waals surface area contributed by atoms with E-state index in [1.54, 1.807) is 12.1 Å². The Bertz CT molecular complexity index is 968. The molecule has 7 heteroatoms. The van der Waals surface area contributed by atoms with Crippen molar-refractivity contribution in [2.75, 3.05) is 5.32 Å². The van der Waals surface area contributed by atoms with Crippen LogP contribution in [0.5, 0.6) is 0 Å². The van der Waals surface area contributed by atoms with Gasteiger partial charge in [0.25, 0.3) is 5.91 Å². The van der Waals surface area contributed by atoms with E-state index < -0.39 is 21.7 Å². The molecule has 1 amide bonds. The first-order valence-electron chi connectivity index (χ1n) is 10.1. The molecule has 0 radical (unpaired) electrons. The fourth-order valence-electron chi connectivity index (χ4n) is 3.67. The Morgan fingerprint density at radius 1 is 1.07 bits per heavy atom. The average molecular weight is 419 g/mol. The Morgan fingerprint density at radius 3 is 2.45 bits per heavy atom. The van der Waals surface area contributed by atoms with Crippen molar-refractivity contribution in [3.05, 3.63) is 59.4 Å². The lowest BCUT2D eigenvalue weighted by atomic mass is 10.1. The third kappa shape index (κ3) is 5.42. The molecular formula is C22H27FN2O3S. The van der Waals surface area contributed by atoms with Crippen molar-refractivity contribution in [2.24, 2.45) is 0 Å². The summed E-state index contributed by atoms with van der Waals surface area (Å²) in [5.41, 5.74) is 1.21. The molecule has 5 nitrogen and oxygen atoms in total. The van der Waals surface area contributed by atoms with E-state index >= 15 is 0 Å². The summed E-state index contributed by atoms with van der Waals surface area (Å²) >= 11 is 0. The average Bonchev–Trinajstić information content (AvgIpc) is 2.96. The normalized spacial score (nSPS) is 15.7. The van der Waals surface area contributed by atoms with Gasteiger partial charge >= 0.3 is 0 Å². The molecule has 1 fully saturated rings. The monoisotopic (exact) mass is 418 g/mol. The van der Waals surface area contributed by atoms with Gasteiger partial charge in [0, 0.05) is 11.7 Å². The van der Waals surface area contributed by atoms with Gasteiger partial charge in [-0.25, -0.2) is 17.5 Å². The molecule has 0 aromatic heterocycles. The Balaban J connectivity index is 1.82. The highest BCUT2D eigenvalue weighted by molar-refractivity contribution is 7.89. The minimum atomic E-state index is -3.83. The predicted octanol–water partition coefficient (Wildman–Crippen LogP) is 4.64. The van der Waals surface area contributed by atoms with Gasteiger partial charge < -0.3 is 5.32 Å². The van der Waals surface area contributed by atoms with Gasteiger partial charge in [-0.15, -0.1) is 0 Å². The number of sulfonamides is 1. The molecule has 0 atom stereocenters. The zero-order valence-electron chi connectivity index (χ0n) is 16.6. The Morgan fingerprint density at radius 2 is 1.76 bits per heavy atom. The Kier molecular flexibility index (Phi) is 7.03. The highest BCUT2D eigenvalue weighted by Crippen LogP contribution is 2.22. The number of anilines is 1. The van der Waals surface area contributed by atoms with Gasteiger partial charge in [0.15, 0.2) is 0 Å². The number of aryl methyl sites for hydroxylation is 1. The van der Waals surface area contributed by atoms with Crippen LogP contribution in [0.15, 0.2) is 47.4 Å². The van der Waals surface area contributed by atoms with Gasteiger partial charge in [-0.05, 0) is 49.1 Å². The first-order valence-corrected chi connectivity index (χ1v) is 11.6. The number of hydrogen-bond donors (Lipinski definition) is 2. The fraction of sp³-hybridized carbons (Fsp3) is 0.409. The molecule has 2 N–H and O–H groups in total. The molecule has 1 saturated carbocycles. The third-order valence-corrected chi connectivity index (χ3v) is 6.83. The van der Waals surface area contributed by atoms with Gasteiger partial charge in [-0.2, -0.15) is 0 Å². The lowest BCUT2D eigenvalue weighted by molar-refractivity contribution is 0.102. The van der Waals surface area contributed by atoms with E-state index in [2.05, 4.69) is 10.0 Å². The molecule has 0 saturated heterocycles. The maximum atomic E-state index is 14.3. The van der Waals surface area contributed by atoms with Gasteiger partial charge in [-0.1, -0.05) is 50.8 Å². The smallest absolute Gasteiger partial charge is 0.258 e.